The number of hydrogen-bond acceptors (Lipinski definition) is 6. The van der Waals surface area contributed by atoms with E-state index in [9.17, 15) is 19.5 Å². The van der Waals surface area contributed by atoms with Gasteiger partial charge in [0.05, 0.1) is 23.7 Å². The molecule has 0 spiro atoms. The van der Waals surface area contributed by atoms with Crippen molar-refractivity contribution in [1.29, 1.82) is 0 Å². The van der Waals surface area contributed by atoms with Gasteiger partial charge in [0.2, 0.25) is 5.91 Å². The van der Waals surface area contributed by atoms with Gasteiger partial charge in [0.1, 0.15) is 12.3 Å². The third-order valence-electron chi connectivity index (χ3n) is 5.00. The van der Waals surface area contributed by atoms with E-state index >= 15 is 0 Å². The number of aliphatic hydroxyl groups excluding tert-OH is 1. The lowest BCUT2D eigenvalue weighted by molar-refractivity contribution is -0.146. The molecule has 32 heavy (non-hydrogen) atoms. The van der Waals surface area contributed by atoms with Gasteiger partial charge in [-0.1, -0.05) is 30.3 Å². The first-order chi connectivity index (χ1) is 15.2. The van der Waals surface area contributed by atoms with Gasteiger partial charge in [-0.3, -0.25) is 14.4 Å². The van der Waals surface area contributed by atoms with Crippen LogP contribution in [0.4, 0.5) is 0 Å². The van der Waals surface area contributed by atoms with E-state index in [1.165, 1.54) is 35.3 Å². The number of nitrogens with one attached hydrogen (secondary N) is 2. The minimum Gasteiger partial charge on any atom is -0.472 e. The molecule has 1 unspecified atom stereocenters. The summed E-state index contributed by atoms with van der Waals surface area (Å²) in [6.45, 7) is 5.61. The Bertz CT molecular complexity index is 927. The zero-order valence-electron chi connectivity index (χ0n) is 18.4. The van der Waals surface area contributed by atoms with Crippen molar-refractivity contribution in [2.45, 2.75) is 50.9 Å². The van der Waals surface area contributed by atoms with Gasteiger partial charge in [-0.2, -0.15) is 0 Å². The van der Waals surface area contributed by atoms with E-state index in [-0.39, 0.29) is 12.3 Å². The molecule has 1 aliphatic rings. The van der Waals surface area contributed by atoms with Crippen LogP contribution in [-0.4, -0.2) is 63.1 Å². The molecule has 1 fully saturated rings. The molecule has 0 bridgehead atoms. The van der Waals surface area contributed by atoms with Crippen molar-refractivity contribution in [2.75, 3.05) is 11.6 Å². The number of carbonyl (C=O) groups is 3. The fraction of sp³-hybridized carbons (Fsp3) is 0.435. The van der Waals surface area contributed by atoms with E-state index in [1.54, 1.807) is 0 Å². The van der Waals surface area contributed by atoms with E-state index in [0.29, 0.717) is 17.2 Å². The van der Waals surface area contributed by atoms with Crippen molar-refractivity contribution < 1.29 is 23.9 Å². The first-order valence-corrected chi connectivity index (χ1v) is 11.6. The molecule has 1 aliphatic heterocycles. The molecule has 0 radical (unpaired) electrons. The van der Waals surface area contributed by atoms with Crippen LogP contribution < -0.4 is 10.6 Å². The van der Waals surface area contributed by atoms with Crippen molar-refractivity contribution in [3.8, 4) is 0 Å². The van der Waals surface area contributed by atoms with Crippen LogP contribution >= 0.6 is 11.8 Å². The lowest BCUT2D eigenvalue weighted by Crippen LogP contribution is -2.57. The number of rotatable bonds is 7. The van der Waals surface area contributed by atoms with Gasteiger partial charge in [-0.05, 0) is 38.8 Å². The summed E-state index contributed by atoms with van der Waals surface area (Å²) >= 11 is 1.45. The molecule has 0 aliphatic carbocycles. The van der Waals surface area contributed by atoms with Crippen LogP contribution in [0.2, 0.25) is 0 Å². The molecular weight excluding hydrogens is 430 g/mol. The molecule has 8 nitrogen and oxygen atoms in total. The van der Waals surface area contributed by atoms with Crippen LogP contribution in [0.25, 0.3) is 0 Å². The van der Waals surface area contributed by atoms with E-state index in [1.807, 2.05) is 51.1 Å². The zero-order chi connectivity index (χ0) is 23.3. The largest absolute Gasteiger partial charge is 0.472 e. The lowest BCUT2D eigenvalue weighted by atomic mass is 9.99. The summed E-state index contributed by atoms with van der Waals surface area (Å²) in [5.41, 5.74) is 0.711. The van der Waals surface area contributed by atoms with Crippen molar-refractivity contribution in [2.24, 2.45) is 0 Å². The molecule has 2 heterocycles. The molecule has 9 heteroatoms. The Morgan fingerprint density at radius 3 is 2.56 bits per heavy atom. The smallest absolute Gasteiger partial charge is 0.254 e. The Balaban J connectivity index is 1.77. The summed E-state index contributed by atoms with van der Waals surface area (Å²) in [4.78, 5) is 39.9. The second kappa shape index (κ2) is 10.2. The summed E-state index contributed by atoms with van der Waals surface area (Å²) in [7, 11) is 0. The normalized spacial score (nSPS) is 18.1. The molecule has 3 amide bonds. The summed E-state index contributed by atoms with van der Waals surface area (Å²) in [5, 5.41) is 16.7. The number of carbonyl (C=O) groups excluding carboxylic acids is 3. The Morgan fingerprint density at radius 2 is 1.94 bits per heavy atom. The number of thioether (sulfide) groups is 1. The predicted molar refractivity (Wildman–Crippen MR) is 122 cm³/mol. The SMILES string of the molecule is CC(C)(C)NC(=O)C1CSCN1C(=O)[C@@H](O)[C@H](Cc1ccccc1)NC(=O)c1ccoc1. The molecule has 3 rings (SSSR count). The third-order valence-corrected chi connectivity index (χ3v) is 6.01. The standard InChI is InChI=1S/C23H29N3O5S/c1-23(2,3)25-21(29)18-13-32-14-26(18)22(30)19(27)17(11-15-7-5-4-6-8-15)24-20(28)16-9-10-31-12-16/h4-10,12,17-19,27H,11,13-14H2,1-3H3,(H,24,28)(H,25,29)/t17-,18?,19-/m0/s1. The molecule has 2 aromatic rings. The lowest BCUT2D eigenvalue weighted by Gasteiger charge is -2.31. The summed E-state index contributed by atoms with van der Waals surface area (Å²) in [6, 6.07) is 9.23. The van der Waals surface area contributed by atoms with Gasteiger partial charge in [0.15, 0.2) is 6.10 Å². The van der Waals surface area contributed by atoms with E-state index in [4.69, 9.17) is 4.42 Å². The second-order valence-corrected chi connectivity index (χ2v) is 9.79. The summed E-state index contributed by atoms with van der Waals surface area (Å²) < 4.78 is 4.96. The number of furan rings is 1. The monoisotopic (exact) mass is 459 g/mol. The van der Waals surface area contributed by atoms with Crippen LogP contribution in [0.1, 0.15) is 36.7 Å². The molecule has 1 aromatic heterocycles. The van der Waals surface area contributed by atoms with Crippen LogP contribution in [-0.2, 0) is 16.0 Å². The Labute approximate surface area is 191 Å². The highest BCUT2D eigenvalue weighted by Gasteiger charge is 2.40. The van der Waals surface area contributed by atoms with E-state index in [0.717, 1.165) is 5.56 Å². The number of aliphatic hydroxyl groups is 1. The molecule has 3 N–H and O–H groups in total. The quantitative estimate of drug-likeness (QED) is 0.582. The molecule has 1 saturated heterocycles. The predicted octanol–water partition coefficient (Wildman–Crippen LogP) is 1.80. The molecule has 172 valence electrons. The highest BCUT2D eigenvalue weighted by atomic mass is 32.2. The molecule has 3 atom stereocenters. The maximum Gasteiger partial charge on any atom is 0.254 e. The summed E-state index contributed by atoms with van der Waals surface area (Å²) in [5.74, 6) is -0.552. The number of benzene rings is 1. The van der Waals surface area contributed by atoms with Gasteiger partial charge in [-0.25, -0.2) is 0 Å². The van der Waals surface area contributed by atoms with E-state index < -0.39 is 35.5 Å². The van der Waals surface area contributed by atoms with Crippen molar-refractivity contribution >= 4 is 29.5 Å². The molecule has 1 aromatic carbocycles. The average molecular weight is 460 g/mol. The minimum absolute atomic E-state index is 0.247. The first-order valence-electron chi connectivity index (χ1n) is 10.4. The summed E-state index contributed by atoms with van der Waals surface area (Å²) in [6.07, 6.45) is 1.40. The zero-order valence-corrected chi connectivity index (χ0v) is 19.2. The van der Waals surface area contributed by atoms with Crippen molar-refractivity contribution in [3.63, 3.8) is 0 Å². The minimum atomic E-state index is -1.52. The van der Waals surface area contributed by atoms with Crippen molar-refractivity contribution in [3.05, 3.63) is 60.1 Å². The molecular formula is C23H29N3O5S. The van der Waals surface area contributed by atoms with Crippen LogP contribution in [0, 0.1) is 0 Å². The second-order valence-electron chi connectivity index (χ2n) is 8.79. The number of hydrogen-bond donors (Lipinski definition) is 3. The van der Waals surface area contributed by atoms with E-state index in [2.05, 4.69) is 10.6 Å². The average Bonchev–Trinajstić information content (AvgIpc) is 3.43. The third kappa shape index (κ3) is 6.14. The van der Waals surface area contributed by atoms with Crippen LogP contribution in [0.15, 0.2) is 53.3 Å². The van der Waals surface area contributed by atoms with Gasteiger partial charge >= 0.3 is 0 Å². The number of amides is 3. The number of nitrogens with zero attached hydrogens (tertiary/aromatic N) is 1. The maximum absolute atomic E-state index is 13.2. The Hall–Kier alpha value is -2.78. The van der Waals surface area contributed by atoms with Gasteiger partial charge in [0, 0.05) is 11.3 Å². The highest BCUT2D eigenvalue weighted by molar-refractivity contribution is 7.99. The van der Waals surface area contributed by atoms with Gasteiger partial charge in [-0.15, -0.1) is 11.8 Å². The molecule has 0 saturated carbocycles. The highest BCUT2D eigenvalue weighted by Crippen LogP contribution is 2.24. The maximum atomic E-state index is 13.2. The Kier molecular flexibility index (Phi) is 7.63. The first kappa shape index (κ1) is 23.9. The van der Waals surface area contributed by atoms with Gasteiger partial charge < -0.3 is 25.1 Å². The van der Waals surface area contributed by atoms with Crippen LogP contribution in [0.3, 0.4) is 0 Å². The van der Waals surface area contributed by atoms with Crippen LogP contribution in [0.5, 0.6) is 0 Å². The fourth-order valence-corrected chi connectivity index (χ4v) is 4.59. The Morgan fingerprint density at radius 1 is 1.22 bits per heavy atom. The topological polar surface area (TPSA) is 112 Å². The van der Waals surface area contributed by atoms with Gasteiger partial charge in [0.25, 0.3) is 11.8 Å². The van der Waals surface area contributed by atoms with Crippen molar-refractivity contribution in [1.82, 2.24) is 15.5 Å². The fourth-order valence-electron chi connectivity index (χ4n) is 3.43.